The van der Waals surface area contributed by atoms with Gasteiger partial charge in [0, 0.05) is 43.1 Å². The van der Waals surface area contributed by atoms with Crippen molar-refractivity contribution in [3.05, 3.63) is 29.8 Å². The zero-order valence-corrected chi connectivity index (χ0v) is 24.4. The molecule has 1 unspecified atom stereocenters. The lowest BCUT2D eigenvalue weighted by atomic mass is 9.81. The van der Waals surface area contributed by atoms with Gasteiger partial charge < -0.3 is 4.74 Å². The van der Waals surface area contributed by atoms with Gasteiger partial charge in [-0.05, 0) is 96.9 Å². The number of carbonyl (C=O) groups is 1. The summed E-state index contributed by atoms with van der Waals surface area (Å²) >= 11 is 0. The number of hydrogen-bond donors (Lipinski definition) is 0. The van der Waals surface area contributed by atoms with E-state index >= 15 is 0 Å². The van der Waals surface area contributed by atoms with Gasteiger partial charge in [0.1, 0.15) is 11.5 Å². The van der Waals surface area contributed by atoms with Crippen LogP contribution in [0.1, 0.15) is 98.5 Å². The SMILES string of the molecule is CC(C)(C)N1CC(C(=O)CC2CCCCC2)C1.COc1ccc(CC2CCCN(C(C)(C)C)C2)cc1. The van der Waals surface area contributed by atoms with Crippen molar-refractivity contribution < 1.29 is 9.53 Å². The number of likely N-dealkylation sites (tertiary alicyclic amines) is 2. The van der Waals surface area contributed by atoms with E-state index in [4.69, 9.17) is 4.74 Å². The van der Waals surface area contributed by atoms with Crippen LogP contribution in [0, 0.1) is 17.8 Å². The van der Waals surface area contributed by atoms with E-state index in [2.05, 4.69) is 75.6 Å². The zero-order chi connectivity index (χ0) is 26.3. The molecular formula is C32H54N2O2. The first-order valence-corrected chi connectivity index (χ1v) is 14.6. The van der Waals surface area contributed by atoms with Crippen molar-refractivity contribution >= 4 is 5.78 Å². The number of Topliss-reactive ketones (excluding diaryl/α,β-unsaturated/α-hetero) is 1. The molecule has 204 valence electrons. The molecule has 36 heavy (non-hydrogen) atoms. The number of ketones is 1. The Bertz CT molecular complexity index is 793. The number of methoxy groups -OCH3 is 1. The molecule has 0 aromatic heterocycles. The second-order valence-electron chi connectivity index (χ2n) is 13.6. The minimum atomic E-state index is 0.238. The van der Waals surface area contributed by atoms with Crippen molar-refractivity contribution in [2.75, 3.05) is 33.3 Å². The van der Waals surface area contributed by atoms with Crippen molar-refractivity contribution in [1.82, 2.24) is 9.80 Å². The van der Waals surface area contributed by atoms with Crippen LogP contribution >= 0.6 is 0 Å². The maximum Gasteiger partial charge on any atom is 0.138 e. The summed E-state index contributed by atoms with van der Waals surface area (Å²) in [5.74, 6) is 3.33. The summed E-state index contributed by atoms with van der Waals surface area (Å²) < 4.78 is 5.21. The molecule has 1 aliphatic carbocycles. The summed E-state index contributed by atoms with van der Waals surface area (Å²) in [5.41, 5.74) is 1.97. The highest BCUT2D eigenvalue weighted by molar-refractivity contribution is 5.82. The first-order chi connectivity index (χ1) is 17.0. The van der Waals surface area contributed by atoms with E-state index in [-0.39, 0.29) is 5.54 Å². The maximum absolute atomic E-state index is 12.1. The van der Waals surface area contributed by atoms with E-state index in [9.17, 15) is 4.79 Å². The lowest BCUT2D eigenvalue weighted by Gasteiger charge is -2.47. The molecule has 1 aromatic rings. The Hall–Kier alpha value is -1.39. The molecule has 4 rings (SSSR count). The molecule has 4 nitrogen and oxygen atoms in total. The minimum Gasteiger partial charge on any atom is -0.497 e. The molecule has 1 aromatic carbocycles. The van der Waals surface area contributed by atoms with Crippen molar-refractivity contribution in [2.45, 2.75) is 110 Å². The second-order valence-corrected chi connectivity index (χ2v) is 13.6. The summed E-state index contributed by atoms with van der Waals surface area (Å²) in [4.78, 5) is 17.2. The third kappa shape index (κ3) is 8.87. The summed E-state index contributed by atoms with van der Waals surface area (Å²) in [6.45, 7) is 18.1. The predicted molar refractivity (Wildman–Crippen MR) is 152 cm³/mol. The summed E-state index contributed by atoms with van der Waals surface area (Å²) in [5, 5.41) is 0. The number of benzene rings is 1. The molecule has 1 saturated carbocycles. The van der Waals surface area contributed by atoms with Gasteiger partial charge in [-0.2, -0.15) is 0 Å². The van der Waals surface area contributed by atoms with Crippen LogP contribution < -0.4 is 4.74 Å². The second kappa shape index (κ2) is 12.9. The topological polar surface area (TPSA) is 32.8 Å². The number of piperidine rings is 1. The Morgan fingerprint density at radius 3 is 1.94 bits per heavy atom. The Morgan fingerprint density at radius 1 is 0.806 bits per heavy atom. The standard InChI is InChI=1S/C17H27NO.C15H27NO/c1-17(2,3)18-11-5-6-15(13-18)12-14-7-9-16(19-4)10-8-14;1-15(2,3)16-10-13(11-16)14(17)9-12-7-5-4-6-8-12/h7-10,15H,5-6,11-13H2,1-4H3;12-13H,4-11H2,1-3H3. The van der Waals surface area contributed by atoms with Crippen molar-refractivity contribution in [1.29, 1.82) is 0 Å². The molecular weight excluding hydrogens is 444 g/mol. The molecule has 4 heteroatoms. The Kier molecular flexibility index (Phi) is 10.5. The molecule has 3 aliphatic rings. The van der Waals surface area contributed by atoms with Gasteiger partial charge in [-0.25, -0.2) is 0 Å². The molecule has 2 heterocycles. The Labute approximate surface area is 222 Å². The molecule has 2 aliphatic heterocycles. The predicted octanol–water partition coefficient (Wildman–Crippen LogP) is 7.00. The lowest BCUT2D eigenvalue weighted by Crippen LogP contribution is -2.58. The number of rotatable bonds is 6. The van der Waals surface area contributed by atoms with Crippen LogP contribution in [0.5, 0.6) is 5.75 Å². The van der Waals surface area contributed by atoms with E-state index in [1.54, 1.807) is 7.11 Å². The molecule has 0 radical (unpaired) electrons. The van der Waals surface area contributed by atoms with E-state index in [1.165, 1.54) is 70.0 Å². The molecule has 1 atom stereocenters. The fraction of sp³-hybridized carbons (Fsp3) is 0.781. The van der Waals surface area contributed by atoms with Gasteiger partial charge in [0.15, 0.2) is 0 Å². The van der Waals surface area contributed by atoms with Gasteiger partial charge in [0.25, 0.3) is 0 Å². The Balaban J connectivity index is 0.000000202. The maximum atomic E-state index is 12.1. The average Bonchev–Trinajstić information content (AvgIpc) is 2.78. The van der Waals surface area contributed by atoms with Crippen LogP contribution in [0.4, 0.5) is 0 Å². The summed E-state index contributed by atoms with van der Waals surface area (Å²) in [6.07, 6.45) is 11.4. The molecule has 0 N–H and O–H groups in total. The van der Waals surface area contributed by atoms with Crippen LogP contribution in [0.25, 0.3) is 0 Å². The fourth-order valence-corrected chi connectivity index (χ4v) is 6.01. The van der Waals surface area contributed by atoms with E-state index in [1.807, 2.05) is 0 Å². The Morgan fingerprint density at radius 2 is 1.39 bits per heavy atom. The normalized spacial score (nSPS) is 22.9. The van der Waals surface area contributed by atoms with E-state index in [0.29, 0.717) is 23.2 Å². The lowest BCUT2D eigenvalue weighted by molar-refractivity contribution is -0.131. The third-order valence-electron chi connectivity index (χ3n) is 8.65. The summed E-state index contributed by atoms with van der Waals surface area (Å²) in [7, 11) is 1.72. The molecule has 2 saturated heterocycles. The van der Waals surface area contributed by atoms with Gasteiger partial charge in [-0.15, -0.1) is 0 Å². The molecule has 0 amide bonds. The molecule has 0 bridgehead atoms. The van der Waals surface area contributed by atoms with Crippen molar-refractivity contribution in [3.8, 4) is 5.75 Å². The highest BCUT2D eigenvalue weighted by Gasteiger charge is 2.38. The first-order valence-electron chi connectivity index (χ1n) is 14.6. The van der Waals surface area contributed by atoms with E-state index in [0.717, 1.165) is 31.2 Å². The number of ether oxygens (including phenoxy) is 1. The quantitative estimate of drug-likeness (QED) is 0.422. The monoisotopic (exact) mass is 498 g/mol. The van der Waals surface area contributed by atoms with Gasteiger partial charge in [0.05, 0.1) is 7.11 Å². The van der Waals surface area contributed by atoms with Crippen LogP contribution in [0.2, 0.25) is 0 Å². The highest BCUT2D eigenvalue weighted by atomic mass is 16.5. The smallest absolute Gasteiger partial charge is 0.138 e. The minimum absolute atomic E-state index is 0.238. The largest absolute Gasteiger partial charge is 0.497 e. The van der Waals surface area contributed by atoms with Gasteiger partial charge >= 0.3 is 0 Å². The average molecular weight is 499 g/mol. The highest BCUT2D eigenvalue weighted by Crippen LogP contribution is 2.31. The van der Waals surface area contributed by atoms with Crippen molar-refractivity contribution in [2.24, 2.45) is 17.8 Å². The fourth-order valence-electron chi connectivity index (χ4n) is 6.01. The van der Waals surface area contributed by atoms with E-state index < -0.39 is 0 Å². The first kappa shape index (κ1) is 29.2. The van der Waals surface area contributed by atoms with Crippen LogP contribution in [-0.2, 0) is 11.2 Å². The van der Waals surface area contributed by atoms with Crippen LogP contribution in [0.3, 0.4) is 0 Å². The van der Waals surface area contributed by atoms with Gasteiger partial charge in [-0.3, -0.25) is 14.6 Å². The van der Waals surface area contributed by atoms with Crippen LogP contribution in [-0.4, -0.2) is 59.9 Å². The number of nitrogens with zero attached hydrogens (tertiary/aromatic N) is 2. The zero-order valence-electron chi connectivity index (χ0n) is 24.4. The van der Waals surface area contributed by atoms with Gasteiger partial charge in [0.2, 0.25) is 0 Å². The molecule has 0 spiro atoms. The molecule has 3 fully saturated rings. The van der Waals surface area contributed by atoms with Crippen LogP contribution in [0.15, 0.2) is 24.3 Å². The van der Waals surface area contributed by atoms with Gasteiger partial charge in [-0.1, -0.05) is 44.2 Å². The summed E-state index contributed by atoms with van der Waals surface area (Å²) in [6, 6.07) is 8.54. The third-order valence-corrected chi connectivity index (χ3v) is 8.65. The number of hydrogen-bond acceptors (Lipinski definition) is 4. The van der Waals surface area contributed by atoms with Crippen molar-refractivity contribution in [3.63, 3.8) is 0 Å². The number of carbonyl (C=O) groups excluding carboxylic acids is 1.